The quantitative estimate of drug-likeness (QED) is 0.876. The van der Waals surface area contributed by atoms with Crippen LogP contribution in [0.2, 0.25) is 0 Å². The highest BCUT2D eigenvalue weighted by molar-refractivity contribution is 5.54. The molecule has 4 nitrogen and oxygen atoms in total. The number of hydrogen-bond acceptors (Lipinski definition) is 4. The first-order chi connectivity index (χ1) is 9.02. The van der Waals surface area contributed by atoms with Crippen LogP contribution in [0, 0.1) is 0 Å². The van der Waals surface area contributed by atoms with Crippen LogP contribution in [0.25, 0.3) is 0 Å². The Morgan fingerprint density at radius 3 is 2.63 bits per heavy atom. The van der Waals surface area contributed by atoms with Gasteiger partial charge in [0.15, 0.2) is 0 Å². The van der Waals surface area contributed by atoms with Crippen LogP contribution in [0.5, 0.6) is 5.75 Å². The lowest BCUT2D eigenvalue weighted by Gasteiger charge is -2.40. The highest BCUT2D eigenvalue weighted by atomic mass is 16.3. The number of piperazine rings is 1. The Balaban J connectivity index is 2.13. The zero-order valence-corrected chi connectivity index (χ0v) is 12.0. The van der Waals surface area contributed by atoms with Crippen LogP contribution in [0.4, 0.5) is 5.69 Å². The molecule has 1 saturated heterocycles. The van der Waals surface area contributed by atoms with E-state index in [1.165, 1.54) is 0 Å². The van der Waals surface area contributed by atoms with Gasteiger partial charge in [0.25, 0.3) is 0 Å². The van der Waals surface area contributed by atoms with Crippen molar-refractivity contribution in [2.45, 2.75) is 32.9 Å². The molecule has 0 bridgehead atoms. The van der Waals surface area contributed by atoms with Gasteiger partial charge in [-0.3, -0.25) is 4.90 Å². The van der Waals surface area contributed by atoms with Gasteiger partial charge in [0.1, 0.15) is 5.75 Å². The van der Waals surface area contributed by atoms with Gasteiger partial charge >= 0.3 is 0 Å². The van der Waals surface area contributed by atoms with Crippen molar-refractivity contribution in [3.63, 3.8) is 0 Å². The van der Waals surface area contributed by atoms with Crippen LogP contribution in [-0.4, -0.2) is 47.3 Å². The third kappa shape index (κ3) is 3.01. The number of phenolic OH excluding ortho intramolecular Hbond substituents is 1. The SMILES string of the molecule is CCN1CCN(c2ccc(C(C)O)c(O)c2)CC1C. The van der Waals surface area contributed by atoms with Gasteiger partial charge in [-0.05, 0) is 26.5 Å². The summed E-state index contributed by atoms with van der Waals surface area (Å²) < 4.78 is 0. The van der Waals surface area contributed by atoms with Gasteiger partial charge in [0, 0.05) is 43.0 Å². The van der Waals surface area contributed by atoms with Crippen molar-refractivity contribution in [2.75, 3.05) is 31.1 Å². The molecule has 0 amide bonds. The zero-order valence-electron chi connectivity index (χ0n) is 12.0. The summed E-state index contributed by atoms with van der Waals surface area (Å²) in [5, 5.41) is 19.5. The summed E-state index contributed by atoms with van der Waals surface area (Å²) in [5.41, 5.74) is 1.62. The number of benzene rings is 1. The molecule has 0 aliphatic carbocycles. The van der Waals surface area contributed by atoms with Gasteiger partial charge in [-0.25, -0.2) is 0 Å². The van der Waals surface area contributed by atoms with Crippen LogP contribution in [-0.2, 0) is 0 Å². The van der Waals surface area contributed by atoms with Crippen LogP contribution in [0.15, 0.2) is 18.2 Å². The number of hydrogen-bond donors (Lipinski definition) is 2. The molecular formula is C15H24N2O2. The average molecular weight is 264 g/mol. The van der Waals surface area contributed by atoms with E-state index in [1.807, 2.05) is 12.1 Å². The third-order valence-corrected chi connectivity index (χ3v) is 4.00. The molecule has 2 unspecified atom stereocenters. The molecule has 1 aromatic carbocycles. The number of rotatable bonds is 3. The molecule has 106 valence electrons. The molecule has 0 aromatic heterocycles. The summed E-state index contributed by atoms with van der Waals surface area (Å²) in [7, 11) is 0. The molecule has 1 aromatic rings. The molecule has 2 atom stereocenters. The molecule has 0 saturated carbocycles. The number of anilines is 1. The zero-order chi connectivity index (χ0) is 14.0. The van der Waals surface area contributed by atoms with Crippen molar-refractivity contribution in [1.82, 2.24) is 4.90 Å². The number of phenols is 1. The first-order valence-corrected chi connectivity index (χ1v) is 7.03. The summed E-state index contributed by atoms with van der Waals surface area (Å²) in [5.74, 6) is 0.179. The lowest BCUT2D eigenvalue weighted by molar-refractivity contribution is 0.194. The molecule has 2 rings (SSSR count). The van der Waals surface area contributed by atoms with Gasteiger partial charge in [0.05, 0.1) is 6.10 Å². The number of aromatic hydroxyl groups is 1. The van der Waals surface area contributed by atoms with E-state index in [9.17, 15) is 10.2 Å². The Kier molecular flexibility index (Phi) is 4.32. The fourth-order valence-electron chi connectivity index (χ4n) is 2.78. The smallest absolute Gasteiger partial charge is 0.123 e. The van der Waals surface area contributed by atoms with Crippen molar-refractivity contribution in [1.29, 1.82) is 0 Å². The molecule has 1 fully saturated rings. The fourth-order valence-corrected chi connectivity index (χ4v) is 2.78. The highest BCUT2D eigenvalue weighted by Gasteiger charge is 2.23. The van der Waals surface area contributed by atoms with Crippen molar-refractivity contribution in [2.24, 2.45) is 0 Å². The summed E-state index contributed by atoms with van der Waals surface area (Å²) in [4.78, 5) is 4.75. The molecule has 4 heteroatoms. The summed E-state index contributed by atoms with van der Waals surface area (Å²) >= 11 is 0. The molecule has 1 aliphatic rings. The third-order valence-electron chi connectivity index (χ3n) is 4.00. The molecule has 0 spiro atoms. The molecule has 1 heterocycles. The molecule has 1 aliphatic heterocycles. The monoisotopic (exact) mass is 264 g/mol. The van der Waals surface area contributed by atoms with Crippen molar-refractivity contribution in [3.8, 4) is 5.75 Å². The van der Waals surface area contributed by atoms with Gasteiger partial charge in [-0.2, -0.15) is 0 Å². The normalized spacial score (nSPS) is 22.5. The fraction of sp³-hybridized carbons (Fsp3) is 0.600. The minimum atomic E-state index is -0.634. The van der Waals surface area contributed by atoms with Crippen LogP contribution >= 0.6 is 0 Å². The summed E-state index contributed by atoms with van der Waals surface area (Å²) in [6.07, 6.45) is -0.634. The Labute approximate surface area is 115 Å². The summed E-state index contributed by atoms with van der Waals surface area (Å²) in [6, 6.07) is 6.08. The number of aliphatic hydroxyl groups excluding tert-OH is 1. The van der Waals surface area contributed by atoms with Gasteiger partial charge in [-0.15, -0.1) is 0 Å². The predicted molar refractivity (Wildman–Crippen MR) is 77.7 cm³/mol. The maximum atomic E-state index is 9.96. The van der Waals surface area contributed by atoms with E-state index >= 15 is 0 Å². The molecule has 0 radical (unpaired) electrons. The first kappa shape index (κ1) is 14.2. The maximum Gasteiger partial charge on any atom is 0.123 e. The standard InChI is InChI=1S/C15H24N2O2/c1-4-16-7-8-17(10-11(16)2)13-5-6-14(12(3)18)15(19)9-13/h5-6,9,11-12,18-19H,4,7-8,10H2,1-3H3. The van der Waals surface area contributed by atoms with Crippen LogP contribution in [0.1, 0.15) is 32.4 Å². The Bertz CT molecular complexity index is 434. The topological polar surface area (TPSA) is 46.9 Å². The van der Waals surface area contributed by atoms with Crippen LogP contribution in [0.3, 0.4) is 0 Å². The van der Waals surface area contributed by atoms with Crippen LogP contribution < -0.4 is 4.90 Å². The lowest BCUT2D eigenvalue weighted by atomic mass is 10.1. The van der Waals surface area contributed by atoms with Crippen molar-refractivity contribution >= 4 is 5.69 Å². The molecule has 2 N–H and O–H groups in total. The van der Waals surface area contributed by atoms with E-state index in [0.717, 1.165) is 31.9 Å². The van der Waals surface area contributed by atoms with E-state index in [4.69, 9.17) is 0 Å². The maximum absolute atomic E-state index is 9.96. The molecule has 19 heavy (non-hydrogen) atoms. The Morgan fingerprint density at radius 1 is 1.37 bits per heavy atom. The average Bonchev–Trinajstić information content (AvgIpc) is 2.38. The van der Waals surface area contributed by atoms with E-state index in [1.54, 1.807) is 13.0 Å². The lowest BCUT2D eigenvalue weighted by Crippen LogP contribution is -2.51. The highest BCUT2D eigenvalue weighted by Crippen LogP contribution is 2.29. The minimum Gasteiger partial charge on any atom is -0.507 e. The number of aliphatic hydroxyl groups is 1. The second kappa shape index (κ2) is 5.80. The van der Waals surface area contributed by atoms with E-state index in [-0.39, 0.29) is 5.75 Å². The second-order valence-corrected chi connectivity index (χ2v) is 5.34. The predicted octanol–water partition coefficient (Wildman–Crippen LogP) is 1.98. The minimum absolute atomic E-state index is 0.179. The summed E-state index contributed by atoms with van der Waals surface area (Å²) in [6.45, 7) is 10.2. The van der Waals surface area contributed by atoms with Gasteiger partial charge in [-0.1, -0.05) is 13.0 Å². The van der Waals surface area contributed by atoms with Crippen molar-refractivity contribution < 1.29 is 10.2 Å². The number of nitrogens with zero attached hydrogens (tertiary/aromatic N) is 2. The largest absolute Gasteiger partial charge is 0.507 e. The second-order valence-electron chi connectivity index (χ2n) is 5.34. The van der Waals surface area contributed by atoms with Gasteiger partial charge < -0.3 is 15.1 Å². The van der Waals surface area contributed by atoms with Gasteiger partial charge in [0.2, 0.25) is 0 Å². The van der Waals surface area contributed by atoms with E-state index in [2.05, 4.69) is 23.6 Å². The number of likely N-dealkylation sites (N-methyl/N-ethyl adjacent to an activating group) is 1. The van der Waals surface area contributed by atoms with Crippen molar-refractivity contribution in [3.05, 3.63) is 23.8 Å². The van der Waals surface area contributed by atoms with E-state index in [0.29, 0.717) is 11.6 Å². The Hall–Kier alpha value is -1.26. The van der Waals surface area contributed by atoms with E-state index < -0.39 is 6.10 Å². The molecular weight excluding hydrogens is 240 g/mol. The first-order valence-electron chi connectivity index (χ1n) is 7.03. The Morgan fingerprint density at radius 2 is 2.11 bits per heavy atom.